The van der Waals surface area contributed by atoms with E-state index in [0.717, 1.165) is 5.56 Å². The average Bonchev–Trinajstić information content (AvgIpc) is 2.29. The van der Waals surface area contributed by atoms with E-state index in [-0.39, 0.29) is 13.2 Å². The topological polar surface area (TPSA) is 18.5 Å². The van der Waals surface area contributed by atoms with Gasteiger partial charge in [0.25, 0.3) is 0 Å². The van der Waals surface area contributed by atoms with Gasteiger partial charge in [-0.05, 0) is 17.7 Å². The normalized spacial score (nSPS) is 11.6. The lowest BCUT2D eigenvalue weighted by Crippen LogP contribution is -2.19. The largest absolute Gasteiger partial charge is 0.490 e. The van der Waals surface area contributed by atoms with Gasteiger partial charge in [-0.2, -0.15) is 13.2 Å². The molecule has 0 amide bonds. The molecule has 0 N–H and O–H groups in total. The molecule has 0 spiro atoms. The molecule has 18 heavy (non-hydrogen) atoms. The minimum Gasteiger partial charge on any atom is -0.490 e. The van der Waals surface area contributed by atoms with Crippen molar-refractivity contribution in [1.82, 2.24) is 0 Å². The van der Waals surface area contributed by atoms with Crippen molar-refractivity contribution in [3.8, 4) is 5.75 Å². The standard InChI is InChI=1S/C11H11BrClF3O2/c12-6-8-1-2-10(9(13)5-8)18-4-3-17-7-11(14,15)16/h1-2,5H,3-4,6-7H2. The molecule has 2 nitrogen and oxygen atoms in total. The fourth-order valence-electron chi connectivity index (χ4n) is 1.14. The van der Waals surface area contributed by atoms with Crippen molar-refractivity contribution >= 4 is 27.5 Å². The van der Waals surface area contributed by atoms with E-state index >= 15 is 0 Å². The molecule has 0 heterocycles. The molecule has 0 atom stereocenters. The Morgan fingerprint density at radius 1 is 1.22 bits per heavy atom. The fraction of sp³-hybridized carbons (Fsp3) is 0.455. The first kappa shape index (κ1) is 15.6. The van der Waals surface area contributed by atoms with Crippen LogP contribution in [0.3, 0.4) is 0 Å². The Balaban J connectivity index is 2.31. The first-order valence-corrected chi connectivity index (χ1v) is 6.54. The molecule has 0 aromatic heterocycles. The number of hydrogen-bond donors (Lipinski definition) is 0. The van der Waals surface area contributed by atoms with Crippen LogP contribution in [-0.2, 0) is 10.1 Å². The zero-order chi connectivity index (χ0) is 13.6. The molecule has 1 aromatic carbocycles. The van der Waals surface area contributed by atoms with E-state index in [1.165, 1.54) is 0 Å². The van der Waals surface area contributed by atoms with E-state index in [0.29, 0.717) is 16.1 Å². The Morgan fingerprint density at radius 2 is 1.94 bits per heavy atom. The molecule has 0 saturated heterocycles. The molecule has 0 aliphatic heterocycles. The Labute approximate surface area is 116 Å². The lowest BCUT2D eigenvalue weighted by molar-refractivity contribution is -0.175. The monoisotopic (exact) mass is 346 g/mol. The number of ether oxygens (including phenoxy) is 2. The third-order valence-corrected chi connectivity index (χ3v) is 2.84. The van der Waals surface area contributed by atoms with E-state index in [2.05, 4.69) is 20.7 Å². The van der Waals surface area contributed by atoms with E-state index in [1.807, 2.05) is 6.07 Å². The van der Waals surface area contributed by atoms with Gasteiger partial charge in [0.1, 0.15) is 19.0 Å². The van der Waals surface area contributed by atoms with Crippen LogP contribution in [0.5, 0.6) is 5.75 Å². The van der Waals surface area contributed by atoms with Gasteiger partial charge in [-0.3, -0.25) is 0 Å². The van der Waals surface area contributed by atoms with Crippen LogP contribution < -0.4 is 4.74 Å². The van der Waals surface area contributed by atoms with Crippen molar-refractivity contribution in [2.75, 3.05) is 19.8 Å². The molecule has 0 aliphatic carbocycles. The zero-order valence-electron chi connectivity index (χ0n) is 9.27. The molecular formula is C11H11BrClF3O2. The van der Waals surface area contributed by atoms with Gasteiger partial charge in [0.05, 0.1) is 11.6 Å². The minimum absolute atomic E-state index is 0.0173. The molecule has 0 radical (unpaired) electrons. The van der Waals surface area contributed by atoms with Crippen LogP contribution in [0.4, 0.5) is 13.2 Å². The molecule has 1 rings (SSSR count). The Morgan fingerprint density at radius 3 is 2.50 bits per heavy atom. The lowest BCUT2D eigenvalue weighted by atomic mass is 10.2. The first-order chi connectivity index (χ1) is 8.42. The summed E-state index contributed by atoms with van der Waals surface area (Å²) in [7, 11) is 0. The summed E-state index contributed by atoms with van der Waals surface area (Å²) in [6.07, 6.45) is -4.31. The Bertz CT molecular complexity index is 385. The summed E-state index contributed by atoms with van der Waals surface area (Å²) in [6, 6.07) is 5.21. The highest BCUT2D eigenvalue weighted by atomic mass is 79.9. The van der Waals surface area contributed by atoms with Gasteiger partial charge < -0.3 is 9.47 Å². The van der Waals surface area contributed by atoms with E-state index in [4.69, 9.17) is 16.3 Å². The number of benzene rings is 1. The van der Waals surface area contributed by atoms with Crippen molar-refractivity contribution in [3.63, 3.8) is 0 Å². The van der Waals surface area contributed by atoms with Crippen molar-refractivity contribution in [3.05, 3.63) is 28.8 Å². The molecule has 0 bridgehead atoms. The molecule has 0 aliphatic rings. The zero-order valence-corrected chi connectivity index (χ0v) is 11.6. The second kappa shape index (κ2) is 7.21. The van der Waals surface area contributed by atoms with Gasteiger partial charge in [0, 0.05) is 5.33 Å². The van der Waals surface area contributed by atoms with Crippen LogP contribution in [-0.4, -0.2) is 26.0 Å². The van der Waals surface area contributed by atoms with E-state index in [9.17, 15) is 13.2 Å². The summed E-state index contributed by atoms with van der Waals surface area (Å²) in [4.78, 5) is 0. The number of alkyl halides is 4. The van der Waals surface area contributed by atoms with E-state index in [1.54, 1.807) is 12.1 Å². The predicted octanol–water partition coefficient (Wildman–Crippen LogP) is 4.19. The average molecular weight is 348 g/mol. The third kappa shape index (κ3) is 5.93. The molecule has 1 aromatic rings. The van der Waals surface area contributed by atoms with Crippen LogP contribution in [0.25, 0.3) is 0 Å². The summed E-state index contributed by atoms with van der Waals surface area (Å²) in [6.45, 7) is -1.40. The van der Waals surface area contributed by atoms with Gasteiger partial charge in [0.2, 0.25) is 0 Å². The summed E-state index contributed by atoms with van der Waals surface area (Å²) in [5.41, 5.74) is 0.987. The highest BCUT2D eigenvalue weighted by molar-refractivity contribution is 9.08. The first-order valence-electron chi connectivity index (χ1n) is 5.04. The van der Waals surface area contributed by atoms with E-state index < -0.39 is 12.8 Å². The maximum Gasteiger partial charge on any atom is 0.411 e. The predicted molar refractivity (Wildman–Crippen MR) is 66.5 cm³/mol. The highest BCUT2D eigenvalue weighted by Gasteiger charge is 2.27. The summed E-state index contributed by atoms with van der Waals surface area (Å²) in [5, 5.41) is 1.09. The molecule has 102 valence electrons. The SMILES string of the molecule is FC(F)(F)COCCOc1ccc(CBr)cc1Cl. The molecule has 0 fully saturated rings. The smallest absolute Gasteiger partial charge is 0.411 e. The molecule has 0 unspecified atom stereocenters. The van der Waals surface area contributed by atoms with Crippen molar-refractivity contribution in [1.29, 1.82) is 0 Å². The summed E-state index contributed by atoms with van der Waals surface area (Å²) in [5.74, 6) is 0.428. The van der Waals surface area contributed by atoms with Crippen molar-refractivity contribution in [2.45, 2.75) is 11.5 Å². The summed E-state index contributed by atoms with van der Waals surface area (Å²) < 4.78 is 44.9. The molecular weight excluding hydrogens is 336 g/mol. The second-order valence-corrected chi connectivity index (χ2v) is 4.38. The Kier molecular flexibility index (Phi) is 6.25. The lowest BCUT2D eigenvalue weighted by Gasteiger charge is -2.10. The van der Waals surface area contributed by atoms with Gasteiger partial charge in [-0.25, -0.2) is 0 Å². The van der Waals surface area contributed by atoms with Gasteiger partial charge >= 0.3 is 6.18 Å². The van der Waals surface area contributed by atoms with Crippen LogP contribution in [0.2, 0.25) is 5.02 Å². The second-order valence-electron chi connectivity index (χ2n) is 3.41. The maximum absolute atomic E-state index is 11.8. The van der Waals surface area contributed by atoms with Crippen LogP contribution in [0, 0.1) is 0 Å². The molecule has 7 heteroatoms. The Hall–Kier alpha value is -0.460. The van der Waals surface area contributed by atoms with Gasteiger partial charge in [-0.1, -0.05) is 33.6 Å². The van der Waals surface area contributed by atoms with Crippen LogP contribution in [0.15, 0.2) is 18.2 Å². The van der Waals surface area contributed by atoms with Crippen molar-refractivity contribution in [2.24, 2.45) is 0 Å². The van der Waals surface area contributed by atoms with Crippen molar-refractivity contribution < 1.29 is 22.6 Å². The fourth-order valence-corrected chi connectivity index (χ4v) is 1.75. The maximum atomic E-state index is 11.8. The third-order valence-electron chi connectivity index (χ3n) is 1.90. The number of halogens is 5. The van der Waals surface area contributed by atoms with Crippen LogP contribution in [0.1, 0.15) is 5.56 Å². The summed E-state index contributed by atoms with van der Waals surface area (Å²) >= 11 is 9.21. The molecule has 0 saturated carbocycles. The van der Waals surface area contributed by atoms with Gasteiger partial charge in [0.15, 0.2) is 0 Å². The van der Waals surface area contributed by atoms with Gasteiger partial charge in [-0.15, -0.1) is 0 Å². The minimum atomic E-state index is -4.31. The quantitative estimate of drug-likeness (QED) is 0.567. The highest BCUT2D eigenvalue weighted by Crippen LogP contribution is 2.26. The number of hydrogen-bond acceptors (Lipinski definition) is 2. The van der Waals surface area contributed by atoms with Crippen LogP contribution >= 0.6 is 27.5 Å². The number of rotatable bonds is 6.